The smallest absolute Gasteiger partial charge is 0.363 e. The Hall–Kier alpha value is -3.15. The number of imide groups is 1. The van der Waals surface area contributed by atoms with Crippen molar-refractivity contribution in [1.82, 2.24) is 5.06 Å². The van der Waals surface area contributed by atoms with Crippen LogP contribution in [0.25, 0.3) is 0 Å². The topological polar surface area (TPSA) is 89.7 Å². The quantitative estimate of drug-likeness (QED) is 0.687. The molecule has 2 amide bonds. The molecule has 2 aromatic carbocycles. The van der Waals surface area contributed by atoms with Crippen molar-refractivity contribution in [3.8, 4) is 0 Å². The average Bonchev–Trinajstić information content (AvgIpc) is 2.89. The lowest BCUT2D eigenvalue weighted by molar-refractivity contribution is -0.172. The number of hydrogen-bond acceptors (Lipinski definition) is 5. The molecule has 6 heteroatoms. The number of nitrogen functional groups attached to an aromatic ring is 1. The standard InChI is InChI=1S/C18H16N2O4/c19-15-7-3-13(4-8-15)11-12-1-5-14(6-2-12)18(23)24-20-16(21)9-10-17(20)22/h1-8H,9-11,19H2. The first kappa shape index (κ1) is 15.7. The minimum atomic E-state index is -0.724. The highest BCUT2D eigenvalue weighted by Gasteiger charge is 2.33. The molecular weight excluding hydrogens is 308 g/mol. The lowest BCUT2D eigenvalue weighted by Gasteiger charge is -2.12. The molecule has 0 aliphatic carbocycles. The summed E-state index contributed by atoms with van der Waals surface area (Å²) in [6.45, 7) is 0. The lowest BCUT2D eigenvalue weighted by Crippen LogP contribution is -2.32. The molecule has 122 valence electrons. The third-order valence-corrected chi connectivity index (χ3v) is 3.76. The Morgan fingerprint density at radius 3 is 1.96 bits per heavy atom. The molecule has 3 rings (SSSR count). The highest BCUT2D eigenvalue weighted by atomic mass is 16.7. The van der Waals surface area contributed by atoms with Crippen molar-refractivity contribution < 1.29 is 19.2 Å². The first-order valence-electron chi connectivity index (χ1n) is 7.54. The molecule has 24 heavy (non-hydrogen) atoms. The van der Waals surface area contributed by atoms with Gasteiger partial charge in [-0.1, -0.05) is 24.3 Å². The van der Waals surface area contributed by atoms with Gasteiger partial charge in [0.05, 0.1) is 5.56 Å². The summed E-state index contributed by atoms with van der Waals surface area (Å²) in [6, 6.07) is 14.4. The Bertz CT molecular complexity index is 766. The molecule has 0 unspecified atom stereocenters. The molecule has 1 aliphatic rings. The predicted octanol–water partition coefficient (Wildman–Crippen LogP) is 2.08. The molecule has 1 fully saturated rings. The Morgan fingerprint density at radius 2 is 1.42 bits per heavy atom. The Kier molecular flexibility index (Phi) is 4.29. The third kappa shape index (κ3) is 3.43. The van der Waals surface area contributed by atoms with Crippen molar-refractivity contribution in [2.45, 2.75) is 19.3 Å². The highest BCUT2D eigenvalue weighted by Crippen LogP contribution is 2.16. The second-order valence-electron chi connectivity index (χ2n) is 5.58. The number of hydroxylamine groups is 2. The lowest BCUT2D eigenvalue weighted by atomic mass is 10.0. The summed E-state index contributed by atoms with van der Waals surface area (Å²) in [5.74, 6) is -1.71. The zero-order valence-electron chi connectivity index (χ0n) is 12.9. The van der Waals surface area contributed by atoms with Crippen molar-refractivity contribution in [3.63, 3.8) is 0 Å². The Labute approximate surface area is 138 Å². The molecule has 0 aromatic heterocycles. The van der Waals surface area contributed by atoms with E-state index in [2.05, 4.69) is 0 Å². The second kappa shape index (κ2) is 6.54. The molecule has 1 heterocycles. The van der Waals surface area contributed by atoms with Gasteiger partial charge in [0.2, 0.25) is 0 Å². The van der Waals surface area contributed by atoms with Gasteiger partial charge in [-0.15, -0.1) is 5.06 Å². The van der Waals surface area contributed by atoms with Crippen LogP contribution in [-0.4, -0.2) is 22.8 Å². The number of carbonyl (C=O) groups is 3. The number of amides is 2. The molecule has 6 nitrogen and oxygen atoms in total. The van der Waals surface area contributed by atoms with Crippen LogP contribution in [-0.2, 0) is 20.8 Å². The van der Waals surface area contributed by atoms with Gasteiger partial charge in [0, 0.05) is 18.5 Å². The number of carbonyl (C=O) groups excluding carboxylic acids is 3. The molecule has 0 saturated carbocycles. The Morgan fingerprint density at radius 1 is 0.917 bits per heavy atom. The molecule has 0 atom stereocenters. The van der Waals surface area contributed by atoms with E-state index in [-0.39, 0.29) is 18.4 Å². The van der Waals surface area contributed by atoms with Crippen LogP contribution in [0.2, 0.25) is 0 Å². The zero-order chi connectivity index (χ0) is 17.1. The summed E-state index contributed by atoms with van der Waals surface area (Å²) >= 11 is 0. The van der Waals surface area contributed by atoms with Crippen molar-refractivity contribution >= 4 is 23.5 Å². The molecule has 0 bridgehead atoms. The number of hydrogen-bond donors (Lipinski definition) is 1. The van der Waals surface area contributed by atoms with Gasteiger partial charge in [-0.05, 0) is 41.8 Å². The van der Waals surface area contributed by atoms with Crippen LogP contribution in [0.5, 0.6) is 0 Å². The number of nitrogens with zero attached hydrogens (tertiary/aromatic N) is 1. The van der Waals surface area contributed by atoms with Crippen LogP contribution >= 0.6 is 0 Å². The number of rotatable bonds is 4. The van der Waals surface area contributed by atoms with Crippen LogP contribution in [0, 0.1) is 0 Å². The molecule has 0 spiro atoms. The van der Waals surface area contributed by atoms with Crippen molar-refractivity contribution in [3.05, 3.63) is 65.2 Å². The maximum atomic E-state index is 12.0. The van der Waals surface area contributed by atoms with E-state index in [0.717, 1.165) is 11.1 Å². The number of benzene rings is 2. The van der Waals surface area contributed by atoms with Gasteiger partial charge in [0.15, 0.2) is 0 Å². The van der Waals surface area contributed by atoms with Gasteiger partial charge < -0.3 is 10.6 Å². The maximum Gasteiger partial charge on any atom is 0.363 e. The van der Waals surface area contributed by atoms with E-state index in [4.69, 9.17) is 10.6 Å². The third-order valence-electron chi connectivity index (χ3n) is 3.76. The van der Waals surface area contributed by atoms with E-state index in [9.17, 15) is 14.4 Å². The highest BCUT2D eigenvalue weighted by molar-refractivity contribution is 6.02. The van der Waals surface area contributed by atoms with E-state index in [1.165, 1.54) is 0 Å². The van der Waals surface area contributed by atoms with E-state index < -0.39 is 17.8 Å². The fraction of sp³-hybridized carbons (Fsp3) is 0.167. The summed E-state index contributed by atoms with van der Waals surface area (Å²) in [5, 5.41) is 0.546. The molecule has 1 saturated heterocycles. The van der Waals surface area contributed by atoms with Crippen LogP contribution in [0.1, 0.15) is 34.3 Å². The predicted molar refractivity (Wildman–Crippen MR) is 86.6 cm³/mol. The van der Waals surface area contributed by atoms with Gasteiger partial charge in [-0.25, -0.2) is 4.79 Å². The van der Waals surface area contributed by atoms with E-state index in [1.807, 2.05) is 24.3 Å². The SMILES string of the molecule is Nc1ccc(Cc2ccc(C(=O)ON3C(=O)CCC3=O)cc2)cc1. The largest absolute Gasteiger partial charge is 0.399 e. The molecule has 2 N–H and O–H groups in total. The number of nitrogens with two attached hydrogens (primary N) is 1. The molecular formula is C18H16N2O4. The summed E-state index contributed by atoms with van der Waals surface area (Å²) < 4.78 is 0. The minimum absolute atomic E-state index is 0.0760. The second-order valence-corrected chi connectivity index (χ2v) is 5.58. The first-order valence-corrected chi connectivity index (χ1v) is 7.54. The van der Waals surface area contributed by atoms with Crippen molar-refractivity contribution in [2.24, 2.45) is 0 Å². The minimum Gasteiger partial charge on any atom is -0.399 e. The van der Waals surface area contributed by atoms with E-state index in [1.54, 1.807) is 24.3 Å². The van der Waals surface area contributed by atoms with Crippen LogP contribution in [0.15, 0.2) is 48.5 Å². The summed E-state index contributed by atoms with van der Waals surface area (Å²) in [4.78, 5) is 39.8. The van der Waals surface area contributed by atoms with Crippen LogP contribution in [0.4, 0.5) is 5.69 Å². The first-order chi connectivity index (χ1) is 11.5. The van der Waals surface area contributed by atoms with E-state index in [0.29, 0.717) is 17.2 Å². The van der Waals surface area contributed by atoms with Gasteiger partial charge in [0.25, 0.3) is 11.8 Å². The van der Waals surface area contributed by atoms with Gasteiger partial charge in [-0.2, -0.15) is 0 Å². The summed E-state index contributed by atoms with van der Waals surface area (Å²) in [5.41, 5.74) is 8.77. The van der Waals surface area contributed by atoms with Gasteiger partial charge >= 0.3 is 5.97 Å². The fourth-order valence-electron chi connectivity index (χ4n) is 2.42. The zero-order valence-corrected chi connectivity index (χ0v) is 12.9. The summed E-state index contributed by atoms with van der Waals surface area (Å²) in [7, 11) is 0. The molecule has 1 aliphatic heterocycles. The van der Waals surface area contributed by atoms with Crippen molar-refractivity contribution in [1.29, 1.82) is 0 Å². The maximum absolute atomic E-state index is 12.0. The fourth-order valence-corrected chi connectivity index (χ4v) is 2.42. The van der Waals surface area contributed by atoms with Gasteiger partial charge in [-0.3, -0.25) is 9.59 Å². The monoisotopic (exact) mass is 324 g/mol. The molecule has 2 aromatic rings. The van der Waals surface area contributed by atoms with Gasteiger partial charge in [0.1, 0.15) is 0 Å². The number of anilines is 1. The summed E-state index contributed by atoms with van der Waals surface area (Å²) in [6.07, 6.45) is 0.859. The van der Waals surface area contributed by atoms with Crippen molar-refractivity contribution in [2.75, 3.05) is 5.73 Å². The average molecular weight is 324 g/mol. The molecule has 0 radical (unpaired) electrons. The Balaban J connectivity index is 1.65. The normalized spacial score (nSPS) is 14.1. The van der Waals surface area contributed by atoms with E-state index >= 15 is 0 Å². The van der Waals surface area contributed by atoms with Crippen LogP contribution < -0.4 is 5.73 Å². The van der Waals surface area contributed by atoms with Crippen LogP contribution in [0.3, 0.4) is 0 Å².